The molecule has 3 heteroatoms. The van der Waals surface area contributed by atoms with Gasteiger partial charge in [-0.3, -0.25) is 0 Å². The van der Waals surface area contributed by atoms with Crippen LogP contribution in [0, 0.1) is 17.8 Å². The summed E-state index contributed by atoms with van der Waals surface area (Å²) in [6.45, 7) is 14.2. The monoisotopic (exact) mass is 495 g/mol. The Balaban J connectivity index is 1.49. The van der Waals surface area contributed by atoms with E-state index in [9.17, 15) is 0 Å². The van der Waals surface area contributed by atoms with Gasteiger partial charge in [0.25, 0.3) is 0 Å². The maximum atomic E-state index is 4.75. The molecular weight excluding hydrogens is 438 g/mol. The van der Waals surface area contributed by atoms with Gasteiger partial charge in [-0.15, -0.1) is 0 Å². The van der Waals surface area contributed by atoms with Crippen LogP contribution in [0.15, 0.2) is 36.8 Å². The molecule has 0 bridgehead atoms. The Morgan fingerprint density at radius 3 is 0.861 bits per heavy atom. The van der Waals surface area contributed by atoms with Crippen molar-refractivity contribution in [3.05, 3.63) is 36.8 Å². The smallest absolute Gasteiger partial charge is 0.0283 e. The van der Waals surface area contributed by atoms with Gasteiger partial charge in [0.2, 0.25) is 0 Å². The molecule has 0 heterocycles. The summed E-state index contributed by atoms with van der Waals surface area (Å²) in [5.74, 6) is 1.61. The molecule has 0 aromatic carbocycles. The highest BCUT2D eigenvalue weighted by molar-refractivity contribution is 5.15. The lowest BCUT2D eigenvalue weighted by Crippen LogP contribution is -2.42. The van der Waals surface area contributed by atoms with E-state index in [1.807, 2.05) is 0 Å². The van der Waals surface area contributed by atoms with Crippen molar-refractivity contribution in [1.82, 2.24) is 14.7 Å². The van der Waals surface area contributed by atoms with E-state index in [-0.39, 0.29) is 0 Å². The molecule has 0 spiro atoms. The van der Waals surface area contributed by atoms with Gasteiger partial charge in [-0.25, -0.2) is 0 Å². The maximum Gasteiger partial charge on any atom is 0.0283 e. The zero-order valence-corrected chi connectivity index (χ0v) is 24.2. The number of rotatable bonds is 9. The minimum atomic E-state index is 0.536. The van der Waals surface area contributed by atoms with Crippen LogP contribution in [-0.2, 0) is 0 Å². The van der Waals surface area contributed by atoms with Gasteiger partial charge < -0.3 is 14.7 Å². The van der Waals surface area contributed by atoms with Crippen LogP contribution in [0.2, 0.25) is 0 Å². The second-order valence-electron chi connectivity index (χ2n) is 13.0. The number of nitrogens with zero attached hydrogens (tertiary/aromatic N) is 3. The van der Waals surface area contributed by atoms with Gasteiger partial charge in [-0.1, -0.05) is 77.5 Å². The van der Waals surface area contributed by atoms with Crippen molar-refractivity contribution in [2.45, 2.75) is 134 Å². The number of hydrogen-bond acceptors (Lipinski definition) is 3. The predicted molar refractivity (Wildman–Crippen MR) is 156 cm³/mol. The zero-order valence-electron chi connectivity index (χ0n) is 24.2. The standard InChI is InChI=1S/C33H57N3/c1-25(34(4)31-16-10-7-11-17-31)28-22-29(26(2)35(5)32-18-12-8-13-19-32)24-30(23-28)27(3)36(6)33-20-14-9-15-21-33/h28-33H,1-3,7-24H2,4-6H3. The highest BCUT2D eigenvalue weighted by Gasteiger charge is 2.38. The third kappa shape index (κ3) is 6.54. The largest absolute Gasteiger partial charge is 0.375 e. The lowest BCUT2D eigenvalue weighted by molar-refractivity contribution is 0.134. The molecule has 3 nitrogen and oxygen atoms in total. The summed E-state index contributed by atoms with van der Waals surface area (Å²) in [4.78, 5) is 7.76. The first-order valence-corrected chi connectivity index (χ1v) is 15.6. The third-order valence-electron chi connectivity index (χ3n) is 10.8. The second-order valence-corrected chi connectivity index (χ2v) is 13.0. The Morgan fingerprint density at radius 1 is 0.417 bits per heavy atom. The fraction of sp³-hybridized carbons (Fsp3) is 0.818. The molecule has 0 radical (unpaired) electrons. The van der Waals surface area contributed by atoms with Gasteiger partial charge in [0, 0.05) is 56.4 Å². The summed E-state index contributed by atoms with van der Waals surface area (Å²) in [5.41, 5.74) is 4.16. The molecule has 0 aromatic rings. The van der Waals surface area contributed by atoms with E-state index in [2.05, 4.69) is 35.8 Å². The van der Waals surface area contributed by atoms with Gasteiger partial charge in [0.15, 0.2) is 0 Å². The number of allylic oxidation sites excluding steroid dienone is 3. The summed E-state index contributed by atoms with van der Waals surface area (Å²) in [7, 11) is 7.01. The molecule has 0 aliphatic heterocycles. The van der Waals surface area contributed by atoms with E-state index >= 15 is 0 Å². The lowest BCUT2D eigenvalue weighted by Gasteiger charge is -2.46. The van der Waals surface area contributed by atoms with Gasteiger partial charge >= 0.3 is 0 Å². The fourth-order valence-corrected chi connectivity index (χ4v) is 8.11. The van der Waals surface area contributed by atoms with Crippen LogP contribution < -0.4 is 0 Å². The molecule has 4 fully saturated rings. The Kier molecular flexibility index (Phi) is 9.92. The van der Waals surface area contributed by atoms with Crippen LogP contribution in [0.25, 0.3) is 0 Å². The Hall–Kier alpha value is -1.38. The quantitative estimate of drug-likeness (QED) is 0.318. The van der Waals surface area contributed by atoms with Gasteiger partial charge in [0.1, 0.15) is 0 Å². The molecule has 36 heavy (non-hydrogen) atoms. The molecule has 0 N–H and O–H groups in total. The molecule has 4 aliphatic rings. The highest BCUT2D eigenvalue weighted by atomic mass is 15.2. The molecular formula is C33H57N3. The van der Waals surface area contributed by atoms with Gasteiger partial charge in [-0.05, 0) is 75.5 Å². The van der Waals surface area contributed by atoms with E-state index in [0.29, 0.717) is 35.9 Å². The van der Waals surface area contributed by atoms with Crippen LogP contribution in [0.3, 0.4) is 0 Å². The van der Waals surface area contributed by atoms with Gasteiger partial charge in [0.05, 0.1) is 0 Å². The molecule has 204 valence electrons. The Labute approximate surface area is 224 Å². The minimum absolute atomic E-state index is 0.536. The minimum Gasteiger partial charge on any atom is -0.375 e. The summed E-state index contributed by atoms with van der Waals surface area (Å²) < 4.78 is 0. The van der Waals surface area contributed by atoms with Crippen molar-refractivity contribution in [1.29, 1.82) is 0 Å². The Bertz CT molecular complexity index is 632. The molecule has 4 aliphatic carbocycles. The van der Waals surface area contributed by atoms with E-state index < -0.39 is 0 Å². The van der Waals surface area contributed by atoms with E-state index in [1.165, 1.54) is 133 Å². The molecule has 0 saturated heterocycles. The molecule has 4 saturated carbocycles. The van der Waals surface area contributed by atoms with E-state index in [4.69, 9.17) is 19.7 Å². The first kappa shape index (κ1) is 27.6. The van der Waals surface area contributed by atoms with Crippen molar-refractivity contribution in [2.24, 2.45) is 17.8 Å². The molecule has 0 atom stereocenters. The second kappa shape index (κ2) is 12.9. The average Bonchev–Trinajstić information content (AvgIpc) is 2.95. The Morgan fingerprint density at radius 2 is 0.639 bits per heavy atom. The van der Waals surface area contributed by atoms with Crippen molar-refractivity contribution in [2.75, 3.05) is 21.1 Å². The van der Waals surface area contributed by atoms with Crippen LogP contribution >= 0.6 is 0 Å². The van der Waals surface area contributed by atoms with Crippen LogP contribution in [0.5, 0.6) is 0 Å². The normalized spacial score (nSPS) is 28.9. The molecule has 0 amide bonds. The molecule has 0 unspecified atom stereocenters. The fourth-order valence-electron chi connectivity index (χ4n) is 8.11. The van der Waals surface area contributed by atoms with Crippen molar-refractivity contribution < 1.29 is 0 Å². The summed E-state index contributed by atoms with van der Waals surface area (Å²) in [5, 5.41) is 0. The van der Waals surface area contributed by atoms with Crippen molar-refractivity contribution in [3.63, 3.8) is 0 Å². The first-order valence-electron chi connectivity index (χ1n) is 15.6. The van der Waals surface area contributed by atoms with Crippen LogP contribution in [0.4, 0.5) is 0 Å². The highest BCUT2D eigenvalue weighted by Crippen LogP contribution is 2.45. The van der Waals surface area contributed by atoms with Gasteiger partial charge in [-0.2, -0.15) is 0 Å². The SMILES string of the molecule is C=C(C1CC(C(=C)N(C)C2CCCCC2)CC(C(=C)N(C)C2CCCCC2)C1)N(C)C1CCCCC1. The van der Waals surface area contributed by atoms with Crippen molar-refractivity contribution >= 4 is 0 Å². The predicted octanol–water partition coefficient (Wildman–Crippen LogP) is 8.35. The zero-order chi connectivity index (χ0) is 25.7. The van der Waals surface area contributed by atoms with Crippen molar-refractivity contribution in [3.8, 4) is 0 Å². The molecule has 4 rings (SSSR count). The summed E-state index contributed by atoms with van der Waals surface area (Å²) in [6.07, 6.45) is 24.2. The topological polar surface area (TPSA) is 9.72 Å². The molecule has 0 aromatic heterocycles. The van der Waals surface area contributed by atoms with E-state index in [0.717, 1.165) is 0 Å². The first-order chi connectivity index (χ1) is 17.4. The third-order valence-corrected chi connectivity index (χ3v) is 10.8. The maximum absolute atomic E-state index is 4.75. The summed E-state index contributed by atoms with van der Waals surface area (Å²) >= 11 is 0. The van der Waals surface area contributed by atoms with Crippen LogP contribution in [0.1, 0.15) is 116 Å². The average molecular weight is 496 g/mol. The van der Waals surface area contributed by atoms with Crippen LogP contribution in [-0.4, -0.2) is 54.0 Å². The summed E-state index contributed by atoms with van der Waals surface area (Å²) in [6, 6.07) is 2.06. The number of hydrogen-bond donors (Lipinski definition) is 0. The lowest BCUT2D eigenvalue weighted by atomic mass is 9.71. The van der Waals surface area contributed by atoms with E-state index in [1.54, 1.807) is 0 Å².